The van der Waals surface area contributed by atoms with Crippen molar-refractivity contribution in [3.63, 3.8) is 0 Å². The monoisotopic (exact) mass is 1010 g/mol. The minimum atomic E-state index is -4.70. The van der Waals surface area contributed by atoms with Gasteiger partial charge in [0.2, 0.25) is 5.91 Å². The summed E-state index contributed by atoms with van der Waals surface area (Å²) in [5.74, 6) is -0.577. The molecule has 0 fully saturated rings. The molecule has 412 valence electrons. The Morgan fingerprint density at radius 1 is 0.507 bits per heavy atom. The fourth-order valence-electron chi connectivity index (χ4n) is 8.14. The van der Waals surface area contributed by atoms with Gasteiger partial charge in [0.05, 0.1) is 33.8 Å². The molecule has 3 atom stereocenters. The number of phosphoric ester groups is 1. The minimum absolute atomic E-state index is 0.0305. The topological polar surface area (TPSA) is 114 Å². The molecule has 0 heterocycles. The quantitative estimate of drug-likeness (QED) is 0.0212. The summed E-state index contributed by atoms with van der Waals surface area (Å²) in [6.07, 6.45) is 64.4. The molecule has 10 heteroatoms. The molecule has 0 saturated carbocycles. The molecule has 0 spiro atoms. The number of allylic oxidation sites excluding steroid dienone is 11. The van der Waals surface area contributed by atoms with Crippen molar-refractivity contribution in [1.29, 1.82) is 0 Å². The zero-order valence-corrected chi connectivity index (χ0v) is 47.8. The van der Waals surface area contributed by atoms with Gasteiger partial charge in [-0.2, -0.15) is 0 Å². The second-order valence-electron chi connectivity index (χ2n) is 20.8. The second-order valence-corrected chi connectivity index (χ2v) is 22.2. The number of hydrogen-bond acceptors (Lipinski definition) is 7. The van der Waals surface area contributed by atoms with E-state index in [-0.39, 0.29) is 31.3 Å². The highest BCUT2D eigenvalue weighted by Crippen LogP contribution is 2.38. The largest absolute Gasteiger partial charge is 0.756 e. The number of phosphoric acid groups is 1. The summed E-state index contributed by atoms with van der Waals surface area (Å²) in [6.45, 7) is 6.70. The van der Waals surface area contributed by atoms with Crippen molar-refractivity contribution < 1.29 is 37.3 Å². The Balaban J connectivity index is 5.35. The second kappa shape index (κ2) is 51.0. The number of amides is 1. The molecule has 0 aromatic carbocycles. The van der Waals surface area contributed by atoms with Gasteiger partial charge >= 0.3 is 5.97 Å². The first-order chi connectivity index (χ1) is 34.4. The minimum Gasteiger partial charge on any atom is -0.756 e. The van der Waals surface area contributed by atoms with Crippen molar-refractivity contribution in [1.82, 2.24) is 5.32 Å². The van der Waals surface area contributed by atoms with E-state index in [4.69, 9.17) is 13.8 Å². The van der Waals surface area contributed by atoms with Gasteiger partial charge < -0.3 is 28.5 Å². The first kappa shape index (κ1) is 68.5. The number of unbranched alkanes of at least 4 members (excludes halogenated alkanes) is 26. The van der Waals surface area contributed by atoms with Crippen molar-refractivity contribution >= 4 is 19.7 Å². The summed E-state index contributed by atoms with van der Waals surface area (Å²) in [4.78, 5) is 39.8. The molecule has 0 radical (unpaired) electrons. The highest BCUT2D eigenvalue weighted by Gasteiger charge is 2.27. The first-order valence-corrected chi connectivity index (χ1v) is 30.7. The van der Waals surface area contributed by atoms with Gasteiger partial charge in [-0.05, 0) is 76.7 Å². The number of nitrogens with one attached hydrogen (secondary N) is 1. The molecule has 0 aliphatic rings. The number of nitrogens with zero attached hydrogens (tertiary/aromatic N) is 1. The van der Waals surface area contributed by atoms with Crippen molar-refractivity contribution in [3.05, 3.63) is 72.9 Å². The normalized spacial score (nSPS) is 14.3. The summed E-state index contributed by atoms with van der Waals surface area (Å²) in [7, 11) is 1.16. The Hall–Kier alpha value is -2.55. The Labute approximate surface area is 438 Å². The lowest BCUT2D eigenvalue weighted by atomic mass is 10.0. The predicted octanol–water partition coefficient (Wildman–Crippen LogP) is 17.0. The number of carbonyl (C=O) groups is 2. The number of esters is 1. The lowest BCUT2D eigenvalue weighted by molar-refractivity contribution is -0.870. The van der Waals surface area contributed by atoms with Crippen molar-refractivity contribution in [2.24, 2.45) is 0 Å². The molecule has 0 aromatic heterocycles. The van der Waals surface area contributed by atoms with Crippen molar-refractivity contribution in [3.8, 4) is 0 Å². The number of rotatable bonds is 52. The Morgan fingerprint density at radius 3 is 1.37 bits per heavy atom. The van der Waals surface area contributed by atoms with Gasteiger partial charge in [-0.3, -0.25) is 14.2 Å². The molecule has 0 bridgehead atoms. The van der Waals surface area contributed by atoms with Crippen LogP contribution in [0.25, 0.3) is 0 Å². The first-order valence-electron chi connectivity index (χ1n) is 29.2. The zero-order valence-electron chi connectivity index (χ0n) is 46.9. The van der Waals surface area contributed by atoms with Crippen molar-refractivity contribution in [2.45, 2.75) is 264 Å². The third-order valence-corrected chi connectivity index (χ3v) is 13.6. The van der Waals surface area contributed by atoms with Gasteiger partial charge in [0.25, 0.3) is 7.82 Å². The molecule has 1 amide bonds. The van der Waals surface area contributed by atoms with E-state index in [1.807, 2.05) is 33.3 Å². The van der Waals surface area contributed by atoms with Crippen molar-refractivity contribution in [2.75, 3.05) is 40.9 Å². The third kappa shape index (κ3) is 52.1. The molecule has 1 N–H and O–H groups in total. The molecule has 9 nitrogen and oxygen atoms in total. The molecule has 3 unspecified atom stereocenters. The Morgan fingerprint density at radius 2 is 0.901 bits per heavy atom. The van der Waals surface area contributed by atoms with Crippen LogP contribution in [-0.4, -0.2) is 69.4 Å². The average Bonchev–Trinajstić information content (AvgIpc) is 3.33. The van der Waals surface area contributed by atoms with E-state index in [0.29, 0.717) is 17.4 Å². The summed E-state index contributed by atoms with van der Waals surface area (Å²) in [6, 6.07) is -0.905. The smallest absolute Gasteiger partial charge is 0.306 e. The van der Waals surface area contributed by atoms with E-state index in [1.165, 1.54) is 122 Å². The van der Waals surface area contributed by atoms with E-state index >= 15 is 0 Å². The van der Waals surface area contributed by atoms with E-state index in [0.717, 1.165) is 89.9 Å². The zero-order chi connectivity index (χ0) is 52.2. The van der Waals surface area contributed by atoms with Gasteiger partial charge in [0.1, 0.15) is 19.3 Å². The van der Waals surface area contributed by atoms with Crippen LogP contribution in [-0.2, 0) is 27.9 Å². The van der Waals surface area contributed by atoms with E-state index in [2.05, 4.69) is 86.8 Å². The molecular formula is C61H111N2O7P. The summed E-state index contributed by atoms with van der Waals surface area (Å²) >= 11 is 0. The highest BCUT2D eigenvalue weighted by atomic mass is 31.2. The van der Waals surface area contributed by atoms with Crippen LogP contribution in [0.15, 0.2) is 72.9 Å². The fraction of sp³-hybridized carbons (Fsp3) is 0.770. The summed E-state index contributed by atoms with van der Waals surface area (Å²) in [5.41, 5.74) is 0. The lowest BCUT2D eigenvalue weighted by Crippen LogP contribution is -2.47. The van der Waals surface area contributed by atoms with Gasteiger partial charge in [-0.1, -0.05) is 235 Å². The fourth-order valence-corrected chi connectivity index (χ4v) is 8.86. The van der Waals surface area contributed by atoms with Crippen LogP contribution in [0.5, 0.6) is 0 Å². The maximum absolute atomic E-state index is 13.5. The van der Waals surface area contributed by atoms with Gasteiger partial charge in [-0.25, -0.2) is 0 Å². The lowest BCUT2D eigenvalue weighted by Gasteiger charge is -2.30. The summed E-state index contributed by atoms with van der Waals surface area (Å²) in [5, 5.41) is 3.00. The van der Waals surface area contributed by atoms with Gasteiger partial charge in [-0.15, -0.1) is 0 Å². The maximum atomic E-state index is 13.5. The van der Waals surface area contributed by atoms with Crippen LogP contribution in [0.2, 0.25) is 0 Å². The Bertz CT molecular complexity index is 1450. The van der Waals surface area contributed by atoms with Gasteiger partial charge in [0, 0.05) is 12.8 Å². The maximum Gasteiger partial charge on any atom is 0.306 e. The number of quaternary nitrogens is 1. The molecule has 0 saturated heterocycles. The number of likely N-dealkylation sites (N-methyl/N-ethyl adjacent to an activating group) is 1. The SMILES string of the molecule is CC/C=C\C/C=C\C/C=C\C/C=C\C/C=C\CCCCCC(=O)NC(COP(=O)([O-])OCC[N+](C)(C)C)C(/C=C/CCCCCCCCCCC)OC(=O)CCCCCCCCCCCCCCCCC. The molecule has 71 heavy (non-hydrogen) atoms. The predicted molar refractivity (Wildman–Crippen MR) is 302 cm³/mol. The third-order valence-electron chi connectivity index (χ3n) is 12.7. The number of hydrogen-bond donors (Lipinski definition) is 1. The molecular weight excluding hydrogens is 904 g/mol. The van der Waals surface area contributed by atoms with Crippen LogP contribution in [0, 0.1) is 0 Å². The van der Waals surface area contributed by atoms with E-state index < -0.39 is 26.6 Å². The number of ether oxygens (including phenoxy) is 1. The molecule has 0 aliphatic carbocycles. The van der Waals surface area contributed by atoms with Crippen LogP contribution in [0.4, 0.5) is 0 Å². The highest BCUT2D eigenvalue weighted by molar-refractivity contribution is 7.45. The molecule has 0 rings (SSSR count). The van der Waals surface area contributed by atoms with Crippen LogP contribution >= 0.6 is 7.82 Å². The summed E-state index contributed by atoms with van der Waals surface area (Å²) < 4.78 is 30.2. The van der Waals surface area contributed by atoms with Crippen LogP contribution < -0.4 is 10.2 Å². The van der Waals surface area contributed by atoms with Crippen LogP contribution in [0.1, 0.15) is 252 Å². The van der Waals surface area contributed by atoms with E-state index in [1.54, 1.807) is 0 Å². The molecule has 0 aromatic rings. The Kier molecular flexibility index (Phi) is 49.1. The van der Waals surface area contributed by atoms with Gasteiger partial charge in [0.15, 0.2) is 0 Å². The standard InChI is InChI=1S/C61H111N2O7P/c1-7-10-13-16-19-22-25-27-29-30-31-32-34-35-38-41-44-47-50-53-60(64)62-58(57-69-71(66,67)68-56-55-63(4,5)6)59(52-49-46-43-40-37-24-21-18-15-12-9-3)70-61(65)54-51-48-45-42-39-36-33-28-26-23-20-17-14-11-8-2/h10,13,19,22,27,29,31-32,35,38,49,52,58-59H,7-9,11-12,14-18,20-21,23-26,28,30,33-34,36-37,39-48,50-51,53-57H2,1-6H3,(H-,62,64,66,67)/b13-10-,22-19-,29-27-,32-31-,38-35-,52-49+. The average molecular weight is 1020 g/mol. The van der Waals surface area contributed by atoms with E-state index in [9.17, 15) is 19.0 Å². The number of carbonyl (C=O) groups excluding carboxylic acids is 2. The molecule has 0 aliphatic heterocycles. The van der Waals surface area contributed by atoms with Crippen LogP contribution in [0.3, 0.4) is 0 Å².